The highest BCUT2D eigenvalue weighted by molar-refractivity contribution is 7.10. The van der Waals surface area contributed by atoms with E-state index in [1.54, 1.807) is 48.5 Å². The number of likely N-dealkylation sites (N-methyl/N-ethyl adjacent to an activating group) is 1. The molecule has 2 heterocycles. The molecule has 126 valence electrons. The van der Waals surface area contributed by atoms with Crippen LogP contribution in [0.15, 0.2) is 44.9 Å². The van der Waals surface area contributed by atoms with E-state index in [0.717, 1.165) is 10.6 Å². The van der Waals surface area contributed by atoms with E-state index in [1.807, 2.05) is 24.4 Å². The Labute approximate surface area is 143 Å². The van der Waals surface area contributed by atoms with Gasteiger partial charge in [0.25, 0.3) is 0 Å². The summed E-state index contributed by atoms with van der Waals surface area (Å²) >= 11 is 1.64. The highest BCUT2D eigenvalue weighted by atomic mass is 32.1. The van der Waals surface area contributed by atoms with Gasteiger partial charge in [0.2, 0.25) is 5.91 Å². The summed E-state index contributed by atoms with van der Waals surface area (Å²) in [5.41, 5.74) is 1.99. The smallest absolute Gasteiger partial charge is 0.408 e. The molecule has 1 N–H and O–H groups in total. The molecule has 0 bridgehead atoms. The first kappa shape index (κ1) is 16.3. The first-order valence-electron chi connectivity index (χ1n) is 7.60. The predicted octanol–water partition coefficient (Wildman–Crippen LogP) is 2.82. The van der Waals surface area contributed by atoms with Gasteiger partial charge in [-0.25, -0.2) is 4.79 Å². The average molecular weight is 345 g/mol. The van der Waals surface area contributed by atoms with Crippen molar-refractivity contribution in [3.05, 3.63) is 51.1 Å². The SMILES string of the molecule is CC(c1cccs1)N(C)C(=O)CNc1ccc2oc(=O)n(C)c2c1. The largest absolute Gasteiger partial charge is 0.419 e. The van der Waals surface area contributed by atoms with Gasteiger partial charge in [0.05, 0.1) is 18.1 Å². The summed E-state index contributed by atoms with van der Waals surface area (Å²) in [4.78, 5) is 26.8. The van der Waals surface area contributed by atoms with Gasteiger partial charge in [-0.2, -0.15) is 0 Å². The molecule has 0 aliphatic heterocycles. The number of hydrogen-bond acceptors (Lipinski definition) is 5. The third-order valence-corrected chi connectivity index (χ3v) is 5.21. The second kappa shape index (κ2) is 6.52. The van der Waals surface area contributed by atoms with Gasteiger partial charge in [0, 0.05) is 24.7 Å². The number of carbonyl (C=O) groups excluding carboxylic acids is 1. The van der Waals surface area contributed by atoms with Crippen LogP contribution in [-0.2, 0) is 11.8 Å². The number of rotatable bonds is 5. The van der Waals surface area contributed by atoms with Crippen molar-refractivity contribution in [1.82, 2.24) is 9.47 Å². The highest BCUT2D eigenvalue weighted by Crippen LogP contribution is 2.23. The molecule has 3 aromatic rings. The van der Waals surface area contributed by atoms with Crippen LogP contribution in [0.25, 0.3) is 11.1 Å². The number of carbonyl (C=O) groups is 1. The minimum absolute atomic E-state index is 0.00270. The Hall–Kier alpha value is -2.54. The molecule has 0 fully saturated rings. The molecule has 2 aromatic heterocycles. The summed E-state index contributed by atoms with van der Waals surface area (Å²) in [5, 5.41) is 5.12. The zero-order valence-corrected chi connectivity index (χ0v) is 14.6. The summed E-state index contributed by atoms with van der Waals surface area (Å²) in [6, 6.07) is 9.37. The summed E-state index contributed by atoms with van der Waals surface area (Å²) < 4.78 is 6.53. The number of hydrogen-bond donors (Lipinski definition) is 1. The van der Waals surface area contributed by atoms with Crippen LogP contribution in [0.4, 0.5) is 5.69 Å². The molecule has 0 radical (unpaired) electrons. The lowest BCUT2D eigenvalue weighted by Crippen LogP contribution is -2.34. The van der Waals surface area contributed by atoms with Gasteiger partial charge in [0.15, 0.2) is 5.58 Å². The minimum atomic E-state index is -0.400. The number of amides is 1. The number of thiophene rings is 1. The fourth-order valence-corrected chi connectivity index (χ4v) is 3.30. The van der Waals surface area contributed by atoms with Gasteiger partial charge in [-0.05, 0) is 36.6 Å². The van der Waals surface area contributed by atoms with Crippen LogP contribution in [0.3, 0.4) is 0 Å². The predicted molar refractivity (Wildman–Crippen MR) is 95.4 cm³/mol. The topological polar surface area (TPSA) is 67.5 Å². The highest BCUT2D eigenvalue weighted by Gasteiger charge is 2.18. The number of nitrogens with one attached hydrogen (secondary N) is 1. The number of nitrogens with zero attached hydrogens (tertiary/aromatic N) is 2. The Balaban J connectivity index is 1.67. The monoisotopic (exact) mass is 345 g/mol. The zero-order valence-electron chi connectivity index (χ0n) is 13.8. The van der Waals surface area contributed by atoms with Crippen molar-refractivity contribution < 1.29 is 9.21 Å². The second-order valence-corrected chi connectivity index (χ2v) is 6.64. The van der Waals surface area contributed by atoms with Crippen LogP contribution in [0.5, 0.6) is 0 Å². The third kappa shape index (κ3) is 3.07. The van der Waals surface area contributed by atoms with Crippen LogP contribution in [0.1, 0.15) is 17.8 Å². The van der Waals surface area contributed by atoms with Crippen LogP contribution >= 0.6 is 11.3 Å². The first-order valence-corrected chi connectivity index (χ1v) is 8.48. The molecule has 3 rings (SSSR count). The Bertz CT molecular complexity index is 911. The molecule has 0 saturated heterocycles. The maximum absolute atomic E-state index is 12.4. The molecule has 0 aliphatic rings. The molecule has 0 saturated carbocycles. The van der Waals surface area contributed by atoms with E-state index in [4.69, 9.17) is 4.42 Å². The normalized spacial score (nSPS) is 12.3. The number of benzene rings is 1. The molecule has 1 unspecified atom stereocenters. The summed E-state index contributed by atoms with van der Waals surface area (Å²) in [6.45, 7) is 2.19. The third-order valence-electron chi connectivity index (χ3n) is 4.16. The number of oxazole rings is 1. The van der Waals surface area contributed by atoms with Crippen LogP contribution < -0.4 is 11.1 Å². The van der Waals surface area contributed by atoms with Gasteiger partial charge in [-0.15, -0.1) is 11.3 Å². The molecule has 7 heteroatoms. The first-order chi connectivity index (χ1) is 11.5. The van der Waals surface area contributed by atoms with E-state index in [1.165, 1.54) is 4.57 Å². The van der Waals surface area contributed by atoms with Crippen molar-refractivity contribution in [2.24, 2.45) is 7.05 Å². The lowest BCUT2D eigenvalue weighted by molar-refractivity contribution is -0.129. The molecule has 1 aromatic carbocycles. The van der Waals surface area contributed by atoms with Crippen LogP contribution in [0, 0.1) is 0 Å². The average Bonchev–Trinajstić information content (AvgIpc) is 3.21. The van der Waals surface area contributed by atoms with E-state index in [2.05, 4.69) is 5.32 Å². The van der Waals surface area contributed by atoms with Gasteiger partial charge >= 0.3 is 5.76 Å². The Morgan fingerprint density at radius 1 is 1.42 bits per heavy atom. The zero-order chi connectivity index (χ0) is 17.3. The minimum Gasteiger partial charge on any atom is -0.408 e. The van der Waals surface area contributed by atoms with Gasteiger partial charge in [0.1, 0.15) is 0 Å². The molecule has 6 nitrogen and oxygen atoms in total. The van der Waals surface area contributed by atoms with Crippen molar-refractivity contribution in [2.45, 2.75) is 13.0 Å². The molecule has 0 spiro atoms. The van der Waals surface area contributed by atoms with Gasteiger partial charge in [-0.3, -0.25) is 9.36 Å². The number of aryl methyl sites for hydroxylation is 1. The number of fused-ring (bicyclic) bond motifs is 1. The summed E-state index contributed by atoms with van der Waals surface area (Å²) in [7, 11) is 3.46. The van der Waals surface area contributed by atoms with E-state index in [0.29, 0.717) is 11.1 Å². The standard InChI is InChI=1S/C17H19N3O3S/c1-11(15-5-4-8-24-15)19(2)16(21)10-18-12-6-7-14-13(9-12)20(3)17(22)23-14/h4-9,11,18H,10H2,1-3H3. The molecular formula is C17H19N3O3S. The Morgan fingerprint density at radius 3 is 2.92 bits per heavy atom. The second-order valence-electron chi connectivity index (χ2n) is 5.66. The molecule has 24 heavy (non-hydrogen) atoms. The fraction of sp³-hybridized carbons (Fsp3) is 0.294. The van der Waals surface area contributed by atoms with E-state index in [9.17, 15) is 9.59 Å². The van der Waals surface area contributed by atoms with Crippen molar-refractivity contribution in [3.63, 3.8) is 0 Å². The van der Waals surface area contributed by atoms with E-state index in [-0.39, 0.29) is 18.5 Å². The van der Waals surface area contributed by atoms with E-state index < -0.39 is 5.76 Å². The molecule has 0 aliphatic carbocycles. The summed E-state index contributed by atoms with van der Waals surface area (Å²) in [6.07, 6.45) is 0. The van der Waals surface area contributed by atoms with Crippen molar-refractivity contribution in [1.29, 1.82) is 0 Å². The Kier molecular flexibility index (Phi) is 4.44. The maximum atomic E-state index is 12.4. The van der Waals surface area contributed by atoms with Crippen molar-refractivity contribution >= 4 is 34.0 Å². The van der Waals surface area contributed by atoms with Gasteiger partial charge in [-0.1, -0.05) is 6.07 Å². The fourth-order valence-electron chi connectivity index (χ4n) is 2.47. The van der Waals surface area contributed by atoms with Crippen molar-refractivity contribution in [2.75, 3.05) is 18.9 Å². The van der Waals surface area contributed by atoms with E-state index >= 15 is 0 Å². The van der Waals surface area contributed by atoms with Crippen LogP contribution in [0.2, 0.25) is 0 Å². The number of anilines is 1. The Morgan fingerprint density at radius 2 is 2.21 bits per heavy atom. The van der Waals surface area contributed by atoms with Crippen LogP contribution in [-0.4, -0.2) is 29.0 Å². The lowest BCUT2D eigenvalue weighted by Gasteiger charge is -2.24. The van der Waals surface area contributed by atoms with Gasteiger partial charge < -0.3 is 14.6 Å². The lowest BCUT2D eigenvalue weighted by atomic mass is 10.2. The quantitative estimate of drug-likeness (QED) is 0.772. The maximum Gasteiger partial charge on any atom is 0.419 e. The molecule has 1 amide bonds. The summed E-state index contributed by atoms with van der Waals surface area (Å²) in [5.74, 6) is -0.403. The molecule has 1 atom stereocenters. The van der Waals surface area contributed by atoms with Crippen molar-refractivity contribution in [3.8, 4) is 0 Å². The molecular weight excluding hydrogens is 326 g/mol. The number of aromatic nitrogens is 1.